The molecule has 0 N–H and O–H groups in total. The molecule has 2 aromatic rings. The molecule has 29 heavy (non-hydrogen) atoms. The number of anilines is 1. The van der Waals surface area contributed by atoms with E-state index in [0.29, 0.717) is 30.6 Å². The molecule has 2 aromatic carbocycles. The fraction of sp³-hybridized carbons (Fsp3) is 0.316. The Balaban J connectivity index is 1.93. The minimum absolute atomic E-state index is 0.0143. The molecule has 0 unspecified atom stereocenters. The summed E-state index contributed by atoms with van der Waals surface area (Å²) in [6, 6.07) is 9.53. The first kappa shape index (κ1) is 21.1. The Bertz CT molecular complexity index is 1040. The van der Waals surface area contributed by atoms with E-state index in [2.05, 4.69) is 4.74 Å². The van der Waals surface area contributed by atoms with Crippen LogP contribution in [0.2, 0.25) is 0 Å². The molecule has 0 aliphatic carbocycles. The number of halogens is 3. The lowest BCUT2D eigenvalue weighted by Gasteiger charge is -2.30. The van der Waals surface area contributed by atoms with Gasteiger partial charge in [0.1, 0.15) is 5.75 Å². The summed E-state index contributed by atoms with van der Waals surface area (Å²) in [5.74, 6) is -0.768. The van der Waals surface area contributed by atoms with Gasteiger partial charge in [-0.1, -0.05) is 6.07 Å². The number of nitrogens with zero attached hydrogens (tertiary/aromatic N) is 2. The predicted molar refractivity (Wildman–Crippen MR) is 100 cm³/mol. The summed E-state index contributed by atoms with van der Waals surface area (Å²) in [5.41, 5.74) is 1.22. The zero-order valence-electron chi connectivity index (χ0n) is 15.7. The molecule has 1 aliphatic rings. The highest BCUT2D eigenvalue weighted by molar-refractivity contribution is 7.89. The Hall–Kier alpha value is -2.59. The van der Waals surface area contributed by atoms with E-state index in [1.165, 1.54) is 55.4 Å². The number of amides is 1. The topological polar surface area (TPSA) is 66.9 Å². The van der Waals surface area contributed by atoms with Gasteiger partial charge in [0.2, 0.25) is 10.0 Å². The van der Waals surface area contributed by atoms with Crippen molar-refractivity contribution in [2.75, 3.05) is 25.5 Å². The van der Waals surface area contributed by atoms with Gasteiger partial charge >= 0.3 is 6.36 Å². The molecule has 0 aromatic heterocycles. The van der Waals surface area contributed by atoms with Gasteiger partial charge in [-0.05, 0) is 54.8 Å². The van der Waals surface area contributed by atoms with Gasteiger partial charge in [-0.15, -0.1) is 13.2 Å². The number of hydrogen-bond donors (Lipinski definition) is 0. The first-order valence-electron chi connectivity index (χ1n) is 8.72. The van der Waals surface area contributed by atoms with Crippen LogP contribution in [0.3, 0.4) is 0 Å². The Morgan fingerprint density at radius 3 is 2.52 bits per heavy atom. The molecule has 1 amide bonds. The third-order valence-corrected chi connectivity index (χ3v) is 6.32. The van der Waals surface area contributed by atoms with Gasteiger partial charge in [-0.25, -0.2) is 12.7 Å². The summed E-state index contributed by atoms with van der Waals surface area (Å²) >= 11 is 0. The molecule has 10 heteroatoms. The van der Waals surface area contributed by atoms with Crippen LogP contribution in [-0.4, -0.2) is 45.6 Å². The van der Waals surface area contributed by atoms with Gasteiger partial charge in [0.15, 0.2) is 0 Å². The molecule has 0 radical (unpaired) electrons. The Labute approximate surface area is 166 Å². The van der Waals surface area contributed by atoms with Crippen LogP contribution >= 0.6 is 0 Å². The predicted octanol–water partition coefficient (Wildman–Crippen LogP) is 3.43. The molecule has 0 saturated heterocycles. The highest BCUT2D eigenvalue weighted by Gasteiger charge is 2.32. The fourth-order valence-corrected chi connectivity index (χ4v) is 4.09. The van der Waals surface area contributed by atoms with Crippen molar-refractivity contribution < 1.29 is 31.1 Å². The lowest BCUT2D eigenvalue weighted by atomic mass is 10.0. The van der Waals surface area contributed by atoms with E-state index in [4.69, 9.17) is 0 Å². The van der Waals surface area contributed by atoms with Crippen LogP contribution in [0.5, 0.6) is 5.75 Å². The summed E-state index contributed by atoms with van der Waals surface area (Å²) in [5, 5.41) is 0. The number of fused-ring (bicyclic) bond motifs is 1. The van der Waals surface area contributed by atoms with E-state index in [0.717, 1.165) is 10.4 Å². The quantitative estimate of drug-likeness (QED) is 0.749. The van der Waals surface area contributed by atoms with Crippen molar-refractivity contribution in [1.82, 2.24) is 4.31 Å². The second kappa shape index (κ2) is 7.68. The second-order valence-corrected chi connectivity index (χ2v) is 8.87. The van der Waals surface area contributed by atoms with Crippen LogP contribution in [0.25, 0.3) is 0 Å². The average Bonchev–Trinajstić information content (AvgIpc) is 2.65. The lowest BCUT2D eigenvalue weighted by molar-refractivity contribution is -0.274. The monoisotopic (exact) mass is 428 g/mol. The zero-order chi connectivity index (χ0) is 21.4. The first-order valence-corrected chi connectivity index (χ1v) is 10.2. The molecule has 0 atom stereocenters. The summed E-state index contributed by atoms with van der Waals surface area (Å²) in [6.07, 6.45) is -3.73. The van der Waals surface area contributed by atoms with Gasteiger partial charge in [-0.3, -0.25) is 4.79 Å². The molecule has 156 valence electrons. The van der Waals surface area contributed by atoms with Crippen molar-refractivity contribution >= 4 is 21.6 Å². The van der Waals surface area contributed by atoms with E-state index in [9.17, 15) is 26.4 Å². The number of alkyl halides is 3. The van der Waals surface area contributed by atoms with E-state index < -0.39 is 22.3 Å². The van der Waals surface area contributed by atoms with Crippen molar-refractivity contribution in [2.24, 2.45) is 0 Å². The summed E-state index contributed by atoms with van der Waals surface area (Å²) < 4.78 is 67.0. The summed E-state index contributed by atoms with van der Waals surface area (Å²) in [4.78, 5) is 14.5. The molecular formula is C19H19F3N2O4S. The van der Waals surface area contributed by atoms with Crippen molar-refractivity contribution in [3.8, 4) is 5.75 Å². The Morgan fingerprint density at radius 1 is 1.14 bits per heavy atom. The number of aryl methyl sites for hydroxylation is 1. The maximum absolute atomic E-state index is 13.0. The van der Waals surface area contributed by atoms with E-state index >= 15 is 0 Å². The van der Waals surface area contributed by atoms with Crippen LogP contribution in [0, 0.1) is 0 Å². The maximum Gasteiger partial charge on any atom is 0.573 e. The summed E-state index contributed by atoms with van der Waals surface area (Å²) in [6.45, 7) is 0.371. The third kappa shape index (κ3) is 4.54. The van der Waals surface area contributed by atoms with Crippen LogP contribution in [0.4, 0.5) is 18.9 Å². The minimum atomic E-state index is -4.79. The molecule has 6 nitrogen and oxygen atoms in total. The van der Waals surface area contributed by atoms with E-state index in [1.54, 1.807) is 0 Å². The van der Waals surface area contributed by atoms with Gasteiger partial charge in [0.05, 0.1) is 4.90 Å². The van der Waals surface area contributed by atoms with E-state index in [1.807, 2.05) is 0 Å². The number of hydrogen-bond acceptors (Lipinski definition) is 4. The number of carbonyl (C=O) groups is 1. The standard InChI is InChI=1S/C19H19F3N2O4S/c1-23(2)29(26,27)16-7-3-5-14(12-16)18(25)24-10-4-6-13-11-15(8-9-17(13)24)28-19(20,21)22/h3,5,7-9,11-12H,4,6,10H2,1-2H3. The molecule has 1 heterocycles. The van der Waals surface area contributed by atoms with Crippen molar-refractivity contribution in [3.63, 3.8) is 0 Å². The zero-order valence-corrected chi connectivity index (χ0v) is 16.5. The van der Waals surface area contributed by atoms with Crippen LogP contribution in [0.1, 0.15) is 22.3 Å². The van der Waals surface area contributed by atoms with Crippen molar-refractivity contribution in [3.05, 3.63) is 53.6 Å². The Kier molecular flexibility index (Phi) is 5.59. The highest BCUT2D eigenvalue weighted by atomic mass is 32.2. The van der Waals surface area contributed by atoms with Crippen LogP contribution in [0.15, 0.2) is 47.4 Å². The normalized spacial score (nSPS) is 14.6. The number of rotatable bonds is 4. The van der Waals surface area contributed by atoms with Crippen molar-refractivity contribution in [2.45, 2.75) is 24.1 Å². The number of ether oxygens (including phenoxy) is 1. The second-order valence-electron chi connectivity index (χ2n) is 6.71. The van der Waals surface area contributed by atoms with Gasteiger partial charge in [0, 0.05) is 31.9 Å². The molecule has 0 fully saturated rings. The van der Waals surface area contributed by atoms with E-state index in [-0.39, 0.29) is 16.2 Å². The Morgan fingerprint density at radius 2 is 1.86 bits per heavy atom. The minimum Gasteiger partial charge on any atom is -0.406 e. The van der Waals surface area contributed by atoms with Crippen molar-refractivity contribution in [1.29, 1.82) is 0 Å². The van der Waals surface area contributed by atoms with Gasteiger partial charge in [-0.2, -0.15) is 0 Å². The molecule has 0 spiro atoms. The van der Waals surface area contributed by atoms with Crippen LogP contribution in [-0.2, 0) is 16.4 Å². The molecule has 0 bridgehead atoms. The molecule has 1 aliphatic heterocycles. The lowest BCUT2D eigenvalue weighted by Crippen LogP contribution is -2.35. The molecule has 0 saturated carbocycles. The highest BCUT2D eigenvalue weighted by Crippen LogP contribution is 2.33. The third-order valence-electron chi connectivity index (χ3n) is 4.51. The van der Waals surface area contributed by atoms with Gasteiger partial charge in [0.25, 0.3) is 5.91 Å². The SMILES string of the molecule is CN(C)S(=O)(=O)c1cccc(C(=O)N2CCCc3cc(OC(F)(F)F)ccc32)c1. The average molecular weight is 428 g/mol. The first-order chi connectivity index (χ1) is 13.5. The smallest absolute Gasteiger partial charge is 0.406 e. The van der Waals surface area contributed by atoms with Gasteiger partial charge < -0.3 is 9.64 Å². The van der Waals surface area contributed by atoms with Crippen LogP contribution < -0.4 is 9.64 Å². The molecular weight excluding hydrogens is 409 g/mol. The number of carbonyl (C=O) groups excluding carboxylic acids is 1. The number of sulfonamides is 1. The summed E-state index contributed by atoms with van der Waals surface area (Å²) in [7, 11) is -0.919. The maximum atomic E-state index is 13.0. The number of benzene rings is 2. The largest absolute Gasteiger partial charge is 0.573 e. The fourth-order valence-electron chi connectivity index (χ4n) is 3.14. The molecule has 3 rings (SSSR count).